The molecule has 0 saturated heterocycles. The predicted molar refractivity (Wildman–Crippen MR) is 91.1 cm³/mol. The van der Waals surface area contributed by atoms with E-state index < -0.39 is 11.3 Å². The Morgan fingerprint density at radius 2 is 1.82 bits per heavy atom. The minimum absolute atomic E-state index is 0.545. The summed E-state index contributed by atoms with van der Waals surface area (Å²) in [5, 5.41) is 2.48. The van der Waals surface area contributed by atoms with Crippen LogP contribution in [0.2, 0.25) is 0 Å². The van der Waals surface area contributed by atoms with Gasteiger partial charge in [0.1, 0.15) is 5.75 Å². The third kappa shape index (κ3) is 3.72. The van der Waals surface area contributed by atoms with Gasteiger partial charge < -0.3 is 4.18 Å². The molecule has 1 aromatic heterocycles. The molecular formula is C16H14N2O2S2. The fraction of sp³-hybridized carbons (Fsp3) is 0.0625. The molecule has 6 heteroatoms. The minimum atomic E-state index is -1.67. The maximum Gasteiger partial charge on any atom is 0.317 e. The number of hydrogen-bond acceptors (Lipinski definition) is 4. The van der Waals surface area contributed by atoms with Crippen LogP contribution >= 0.6 is 11.3 Å². The van der Waals surface area contributed by atoms with Gasteiger partial charge in [-0.3, -0.25) is 0 Å². The number of benzene rings is 2. The van der Waals surface area contributed by atoms with Crippen molar-refractivity contribution in [2.45, 2.75) is 6.92 Å². The lowest BCUT2D eigenvalue weighted by Crippen LogP contribution is -2.10. The second kappa shape index (κ2) is 6.72. The van der Waals surface area contributed by atoms with E-state index in [0.717, 1.165) is 11.3 Å². The van der Waals surface area contributed by atoms with Gasteiger partial charge in [0, 0.05) is 10.9 Å². The zero-order chi connectivity index (χ0) is 15.4. The number of anilines is 1. The summed E-state index contributed by atoms with van der Waals surface area (Å²) in [5.41, 5.74) is 3.09. The van der Waals surface area contributed by atoms with Crippen LogP contribution in [-0.2, 0) is 11.3 Å². The molecule has 1 unspecified atom stereocenters. The van der Waals surface area contributed by atoms with Gasteiger partial charge in [-0.05, 0) is 19.1 Å². The number of aryl methyl sites for hydroxylation is 1. The molecule has 0 fully saturated rings. The largest absolute Gasteiger partial charge is 0.385 e. The summed E-state index contributed by atoms with van der Waals surface area (Å²) in [6.45, 7) is 2.04. The number of rotatable bonds is 5. The number of hydrogen-bond donors (Lipinski definition) is 1. The van der Waals surface area contributed by atoms with E-state index in [4.69, 9.17) is 4.18 Å². The first-order valence-corrected chi connectivity index (χ1v) is 8.60. The van der Waals surface area contributed by atoms with Crippen LogP contribution in [0, 0.1) is 6.92 Å². The number of para-hydroxylation sites is 1. The summed E-state index contributed by atoms with van der Waals surface area (Å²) in [6.07, 6.45) is 0. The van der Waals surface area contributed by atoms with Gasteiger partial charge in [-0.25, -0.2) is 9.71 Å². The van der Waals surface area contributed by atoms with Crippen LogP contribution in [0.15, 0.2) is 60.0 Å². The number of thiazole rings is 1. The molecule has 112 valence electrons. The van der Waals surface area contributed by atoms with Gasteiger partial charge in [0.2, 0.25) is 0 Å². The SMILES string of the molecule is Cc1ccc(-c2csc(NS(=O)Oc3ccccc3)n2)cc1. The Kier molecular flexibility index (Phi) is 4.50. The van der Waals surface area contributed by atoms with Gasteiger partial charge in [0.15, 0.2) is 5.13 Å². The molecule has 4 nitrogen and oxygen atoms in total. The molecule has 1 N–H and O–H groups in total. The molecular weight excluding hydrogens is 316 g/mol. The van der Waals surface area contributed by atoms with Crippen molar-refractivity contribution in [3.8, 4) is 17.0 Å². The molecule has 0 radical (unpaired) electrons. The van der Waals surface area contributed by atoms with Crippen LogP contribution in [0.1, 0.15) is 5.56 Å². The van der Waals surface area contributed by atoms with Crippen molar-refractivity contribution in [2.75, 3.05) is 4.72 Å². The predicted octanol–water partition coefficient (Wildman–Crippen LogP) is 4.19. The van der Waals surface area contributed by atoms with Crippen molar-refractivity contribution < 1.29 is 8.39 Å². The summed E-state index contributed by atoms with van der Waals surface area (Å²) in [7, 11) is 0. The molecule has 1 atom stereocenters. The smallest absolute Gasteiger partial charge is 0.317 e. The summed E-state index contributed by atoms with van der Waals surface area (Å²) >= 11 is -0.279. The van der Waals surface area contributed by atoms with Crippen molar-refractivity contribution in [2.24, 2.45) is 0 Å². The summed E-state index contributed by atoms with van der Waals surface area (Å²) in [4.78, 5) is 4.43. The lowest BCUT2D eigenvalue weighted by Gasteiger charge is -2.04. The topological polar surface area (TPSA) is 51.2 Å². The Labute approximate surface area is 135 Å². The highest BCUT2D eigenvalue weighted by Crippen LogP contribution is 2.25. The van der Waals surface area contributed by atoms with E-state index in [1.54, 1.807) is 12.1 Å². The third-order valence-electron chi connectivity index (χ3n) is 2.94. The maximum atomic E-state index is 11.9. The second-order valence-electron chi connectivity index (χ2n) is 4.64. The summed E-state index contributed by atoms with van der Waals surface area (Å²) in [5.74, 6) is 0.545. The highest BCUT2D eigenvalue weighted by molar-refractivity contribution is 7.82. The van der Waals surface area contributed by atoms with Crippen LogP contribution in [0.5, 0.6) is 5.75 Å². The van der Waals surface area contributed by atoms with Crippen LogP contribution < -0.4 is 8.91 Å². The van der Waals surface area contributed by atoms with Crippen LogP contribution in [0.3, 0.4) is 0 Å². The average Bonchev–Trinajstić information content (AvgIpc) is 2.97. The van der Waals surface area contributed by atoms with E-state index in [2.05, 4.69) is 9.71 Å². The summed E-state index contributed by atoms with van der Waals surface area (Å²) < 4.78 is 19.9. The fourth-order valence-corrected chi connectivity index (χ4v) is 3.31. The molecule has 0 spiro atoms. The fourth-order valence-electron chi connectivity index (χ4n) is 1.83. The van der Waals surface area contributed by atoms with E-state index in [0.29, 0.717) is 10.9 Å². The standard InChI is InChI=1S/C16H14N2O2S2/c1-12-7-9-13(10-8-12)15-11-21-16(17-15)18-22(19)20-14-5-3-2-4-6-14/h2-11H,1H3,(H,17,18). The molecule has 0 amide bonds. The van der Waals surface area contributed by atoms with Gasteiger partial charge in [-0.15, -0.1) is 11.3 Å². The zero-order valence-electron chi connectivity index (χ0n) is 11.9. The molecule has 0 saturated carbocycles. The lowest BCUT2D eigenvalue weighted by atomic mass is 10.1. The molecule has 0 bridgehead atoms. The maximum absolute atomic E-state index is 11.9. The van der Waals surface area contributed by atoms with Crippen LogP contribution in [0.4, 0.5) is 5.13 Å². The molecule has 22 heavy (non-hydrogen) atoms. The Morgan fingerprint density at radius 3 is 2.55 bits per heavy atom. The molecule has 3 rings (SSSR count). The normalized spacial score (nSPS) is 11.9. The Balaban J connectivity index is 1.66. The van der Waals surface area contributed by atoms with Crippen molar-refractivity contribution in [1.29, 1.82) is 0 Å². The van der Waals surface area contributed by atoms with Crippen molar-refractivity contribution in [3.05, 3.63) is 65.5 Å². The number of nitrogens with zero attached hydrogens (tertiary/aromatic N) is 1. The molecule has 3 aromatic rings. The van der Waals surface area contributed by atoms with Gasteiger partial charge in [-0.1, -0.05) is 48.0 Å². The minimum Gasteiger partial charge on any atom is -0.385 e. The first kappa shape index (κ1) is 14.7. The molecule has 0 aliphatic carbocycles. The second-order valence-corrected chi connectivity index (χ2v) is 6.34. The number of aromatic nitrogens is 1. The molecule has 1 heterocycles. The first-order chi connectivity index (χ1) is 10.7. The van der Waals surface area contributed by atoms with E-state index >= 15 is 0 Å². The monoisotopic (exact) mass is 330 g/mol. The van der Waals surface area contributed by atoms with E-state index in [9.17, 15) is 4.21 Å². The van der Waals surface area contributed by atoms with Gasteiger partial charge in [0.25, 0.3) is 0 Å². The van der Waals surface area contributed by atoms with Crippen LogP contribution in [0.25, 0.3) is 11.3 Å². The first-order valence-electron chi connectivity index (χ1n) is 6.65. The van der Waals surface area contributed by atoms with Crippen molar-refractivity contribution in [1.82, 2.24) is 4.98 Å². The highest BCUT2D eigenvalue weighted by Gasteiger charge is 2.08. The third-order valence-corrected chi connectivity index (χ3v) is 4.53. The van der Waals surface area contributed by atoms with Gasteiger partial charge >= 0.3 is 11.3 Å². The molecule has 0 aliphatic heterocycles. The van der Waals surface area contributed by atoms with Gasteiger partial charge in [-0.2, -0.15) is 4.21 Å². The van der Waals surface area contributed by atoms with Gasteiger partial charge in [0.05, 0.1) is 5.69 Å². The lowest BCUT2D eigenvalue weighted by molar-refractivity contribution is 0.567. The van der Waals surface area contributed by atoms with Crippen molar-refractivity contribution >= 4 is 27.7 Å². The van der Waals surface area contributed by atoms with E-state index in [1.807, 2.05) is 54.8 Å². The molecule has 0 aliphatic rings. The van der Waals surface area contributed by atoms with E-state index in [1.165, 1.54) is 16.9 Å². The molecule has 2 aromatic carbocycles. The average molecular weight is 330 g/mol. The zero-order valence-corrected chi connectivity index (χ0v) is 13.5. The Morgan fingerprint density at radius 1 is 1.09 bits per heavy atom. The van der Waals surface area contributed by atoms with E-state index in [-0.39, 0.29) is 0 Å². The summed E-state index contributed by atoms with van der Waals surface area (Å²) in [6, 6.07) is 17.1. The number of nitrogens with one attached hydrogen (secondary N) is 1. The highest BCUT2D eigenvalue weighted by atomic mass is 32.2. The van der Waals surface area contributed by atoms with Crippen molar-refractivity contribution in [3.63, 3.8) is 0 Å². The quantitative estimate of drug-likeness (QED) is 0.763. The van der Waals surface area contributed by atoms with Crippen LogP contribution in [-0.4, -0.2) is 9.19 Å². The Hall–Kier alpha value is -2.18. The Bertz CT molecular complexity index is 770.